The Morgan fingerprint density at radius 3 is 1.85 bits per heavy atom. The normalized spacial score (nSPS) is 25.4. The number of hydrogen-bond donors (Lipinski definition) is 1. The van der Waals surface area contributed by atoms with Crippen molar-refractivity contribution in [3.8, 4) is 0 Å². The van der Waals surface area contributed by atoms with Crippen LogP contribution in [0.3, 0.4) is 0 Å². The first-order valence-corrected chi connectivity index (χ1v) is 8.79. The summed E-state index contributed by atoms with van der Waals surface area (Å²) in [6, 6.07) is 4.53. The third-order valence-electron chi connectivity index (χ3n) is 4.84. The monoisotopic (exact) mass is 396 g/mol. The van der Waals surface area contributed by atoms with Crippen molar-refractivity contribution in [1.29, 1.82) is 0 Å². The highest BCUT2D eigenvalue weighted by atomic mass is 35.5. The fourth-order valence-electron chi connectivity index (χ4n) is 3.45. The van der Waals surface area contributed by atoms with E-state index in [0.717, 1.165) is 6.42 Å². The minimum Gasteiger partial charge on any atom is -0.469 e. The zero-order valence-electron chi connectivity index (χ0n) is 16.3. The van der Waals surface area contributed by atoms with Crippen molar-refractivity contribution in [2.75, 3.05) is 14.2 Å². The zero-order chi connectivity index (χ0) is 19.3. The van der Waals surface area contributed by atoms with Crippen molar-refractivity contribution in [3.05, 3.63) is 47.8 Å². The molecule has 0 unspecified atom stereocenters. The van der Waals surface area contributed by atoms with Crippen LogP contribution in [-0.4, -0.2) is 36.8 Å². The van der Waals surface area contributed by atoms with Crippen molar-refractivity contribution in [2.24, 2.45) is 17.6 Å². The summed E-state index contributed by atoms with van der Waals surface area (Å²) in [6.45, 7) is 4.18. The number of aromatic nitrogens is 1. The third kappa shape index (κ3) is 5.71. The van der Waals surface area contributed by atoms with Gasteiger partial charge in [0, 0.05) is 17.4 Å². The molecule has 0 aromatic carbocycles. The van der Waals surface area contributed by atoms with Gasteiger partial charge < -0.3 is 19.8 Å². The predicted molar refractivity (Wildman–Crippen MR) is 107 cm³/mol. The van der Waals surface area contributed by atoms with Crippen molar-refractivity contribution < 1.29 is 19.1 Å². The average molecular weight is 397 g/mol. The number of halogens is 1. The van der Waals surface area contributed by atoms with Crippen LogP contribution in [0.2, 0.25) is 0 Å². The number of esters is 2. The highest BCUT2D eigenvalue weighted by Crippen LogP contribution is 2.31. The van der Waals surface area contributed by atoms with Crippen LogP contribution in [-0.2, 0) is 19.1 Å². The number of hydrogen-bond acceptors (Lipinski definition) is 5. The van der Waals surface area contributed by atoms with E-state index in [1.807, 2.05) is 12.2 Å². The molecule has 27 heavy (non-hydrogen) atoms. The van der Waals surface area contributed by atoms with Crippen LogP contribution in [0.5, 0.6) is 0 Å². The number of nitrogens with zero attached hydrogens (tertiary/aromatic N) is 1. The molecule has 2 aliphatic carbocycles. The molecule has 7 heteroatoms. The standard InChI is InChI=1S/C13H17NO2.C7H11NO2.ClH/c1-9-4-5-10(2)14(9)12-7-6-11(8-12)13(15)16-3;1-10-7(9)5-2-3-6(8)4-5;/h4-7,11-12H,8H2,1-3H3;2-3,5-6H,4,8H2,1H3;1H/t11-,12+;5-,6+;/m00./s1. The number of carbonyl (C=O) groups excluding carboxylic acids is 2. The van der Waals surface area contributed by atoms with Gasteiger partial charge in [-0.15, -0.1) is 12.4 Å². The van der Waals surface area contributed by atoms with Crippen LogP contribution in [0.4, 0.5) is 0 Å². The molecule has 0 fully saturated rings. The first-order valence-electron chi connectivity index (χ1n) is 8.79. The third-order valence-corrected chi connectivity index (χ3v) is 4.84. The Labute approximate surface area is 166 Å². The van der Waals surface area contributed by atoms with E-state index in [1.54, 1.807) is 6.08 Å². The van der Waals surface area contributed by atoms with Gasteiger partial charge in [0.05, 0.1) is 32.1 Å². The summed E-state index contributed by atoms with van der Waals surface area (Å²) in [5.41, 5.74) is 7.99. The molecule has 1 aromatic heterocycles. The molecule has 3 rings (SSSR count). The molecular formula is C20H29ClN2O4. The molecule has 2 aliphatic rings. The first-order chi connectivity index (χ1) is 12.4. The molecule has 0 saturated carbocycles. The molecule has 0 amide bonds. The second kappa shape index (κ2) is 10.3. The molecule has 0 spiro atoms. The summed E-state index contributed by atoms with van der Waals surface area (Å²) in [4.78, 5) is 22.2. The second-order valence-electron chi connectivity index (χ2n) is 6.72. The topological polar surface area (TPSA) is 83.6 Å². The van der Waals surface area contributed by atoms with Gasteiger partial charge in [-0.2, -0.15) is 0 Å². The van der Waals surface area contributed by atoms with Crippen LogP contribution in [0, 0.1) is 25.7 Å². The number of carbonyl (C=O) groups is 2. The van der Waals surface area contributed by atoms with Gasteiger partial charge in [-0.05, 0) is 38.8 Å². The molecule has 1 aromatic rings. The van der Waals surface area contributed by atoms with E-state index in [4.69, 9.17) is 10.5 Å². The van der Waals surface area contributed by atoms with Crippen LogP contribution in [0.1, 0.15) is 30.3 Å². The number of ether oxygens (including phenoxy) is 2. The number of allylic oxidation sites excluding steroid dienone is 1. The summed E-state index contributed by atoms with van der Waals surface area (Å²) in [5.74, 6) is -0.526. The Morgan fingerprint density at radius 2 is 1.41 bits per heavy atom. The average Bonchev–Trinajstić information content (AvgIpc) is 3.35. The van der Waals surface area contributed by atoms with Gasteiger partial charge in [0.1, 0.15) is 0 Å². The molecule has 0 radical (unpaired) electrons. The van der Waals surface area contributed by atoms with Gasteiger partial charge in [0.15, 0.2) is 0 Å². The minimum atomic E-state index is -0.191. The van der Waals surface area contributed by atoms with E-state index in [9.17, 15) is 9.59 Å². The molecule has 1 heterocycles. The summed E-state index contributed by atoms with van der Waals surface area (Å²) in [6.07, 6.45) is 9.19. The molecule has 6 nitrogen and oxygen atoms in total. The van der Waals surface area contributed by atoms with E-state index in [-0.39, 0.29) is 42.2 Å². The fraction of sp³-hybridized carbons (Fsp3) is 0.500. The lowest BCUT2D eigenvalue weighted by Gasteiger charge is -2.17. The van der Waals surface area contributed by atoms with Crippen molar-refractivity contribution in [2.45, 2.75) is 38.8 Å². The van der Waals surface area contributed by atoms with Crippen LogP contribution in [0.15, 0.2) is 36.4 Å². The van der Waals surface area contributed by atoms with Gasteiger partial charge in [-0.25, -0.2) is 0 Å². The fourth-order valence-corrected chi connectivity index (χ4v) is 3.45. The van der Waals surface area contributed by atoms with Crippen LogP contribution < -0.4 is 5.73 Å². The summed E-state index contributed by atoms with van der Waals surface area (Å²) < 4.78 is 11.6. The maximum Gasteiger partial charge on any atom is 0.312 e. The Morgan fingerprint density at radius 1 is 0.926 bits per heavy atom. The Hall–Kier alpha value is -2.05. The molecule has 0 bridgehead atoms. The molecule has 0 saturated heterocycles. The smallest absolute Gasteiger partial charge is 0.312 e. The lowest BCUT2D eigenvalue weighted by atomic mass is 10.1. The maximum absolute atomic E-state index is 11.4. The summed E-state index contributed by atoms with van der Waals surface area (Å²) in [7, 11) is 2.83. The largest absolute Gasteiger partial charge is 0.469 e. The van der Waals surface area contributed by atoms with Crippen molar-refractivity contribution in [3.63, 3.8) is 0 Å². The first kappa shape index (κ1) is 23.0. The van der Waals surface area contributed by atoms with E-state index in [1.165, 1.54) is 25.6 Å². The minimum absolute atomic E-state index is 0. The van der Waals surface area contributed by atoms with Crippen molar-refractivity contribution in [1.82, 2.24) is 4.57 Å². The van der Waals surface area contributed by atoms with E-state index in [0.29, 0.717) is 12.5 Å². The van der Waals surface area contributed by atoms with Crippen LogP contribution >= 0.6 is 12.4 Å². The number of aryl methyl sites for hydroxylation is 2. The van der Waals surface area contributed by atoms with Gasteiger partial charge in [0.2, 0.25) is 0 Å². The summed E-state index contributed by atoms with van der Waals surface area (Å²) >= 11 is 0. The quantitative estimate of drug-likeness (QED) is 0.627. The van der Waals surface area contributed by atoms with E-state index >= 15 is 0 Å². The maximum atomic E-state index is 11.4. The van der Waals surface area contributed by atoms with Gasteiger partial charge in [-0.1, -0.05) is 24.3 Å². The Kier molecular flexibility index (Phi) is 8.79. The van der Waals surface area contributed by atoms with Gasteiger partial charge >= 0.3 is 11.9 Å². The SMILES string of the molecule is COC(=O)[C@H]1C=C[C@@H](N)C1.COC(=O)[C@H]1C=C[C@@H](n2c(C)ccc2C)C1.Cl. The zero-order valence-corrected chi connectivity index (χ0v) is 17.1. The highest BCUT2D eigenvalue weighted by Gasteiger charge is 2.27. The van der Waals surface area contributed by atoms with Gasteiger partial charge in [-0.3, -0.25) is 9.59 Å². The number of rotatable bonds is 3. The molecule has 2 N–H and O–H groups in total. The number of nitrogens with two attached hydrogens (primary N) is 1. The molecule has 0 aliphatic heterocycles. The molecule has 150 valence electrons. The van der Waals surface area contributed by atoms with Gasteiger partial charge in [0.25, 0.3) is 0 Å². The Balaban J connectivity index is 0.000000288. The lowest BCUT2D eigenvalue weighted by Crippen LogP contribution is -2.19. The number of methoxy groups -OCH3 is 2. The predicted octanol–water partition coefficient (Wildman–Crippen LogP) is 2.88. The molecule has 4 atom stereocenters. The second-order valence-corrected chi connectivity index (χ2v) is 6.72. The van der Waals surface area contributed by atoms with Crippen LogP contribution in [0.25, 0.3) is 0 Å². The summed E-state index contributed by atoms with van der Waals surface area (Å²) in [5, 5.41) is 0. The van der Waals surface area contributed by atoms with E-state index < -0.39 is 0 Å². The molecular weight excluding hydrogens is 368 g/mol. The Bertz CT molecular complexity index is 691. The highest BCUT2D eigenvalue weighted by molar-refractivity contribution is 5.85. The van der Waals surface area contributed by atoms with E-state index in [2.05, 4.69) is 41.4 Å². The van der Waals surface area contributed by atoms with Crippen molar-refractivity contribution >= 4 is 24.3 Å². The lowest BCUT2D eigenvalue weighted by molar-refractivity contribution is -0.144.